The Labute approximate surface area is 86.9 Å². The third-order valence-electron chi connectivity index (χ3n) is 2.14. The normalized spacial score (nSPS) is 12.9. The fraction of sp³-hybridized carbons (Fsp3) is 0.400. The number of aromatic hydroxyl groups is 1. The number of rotatable bonds is 2. The molecule has 1 rings (SSSR count). The fourth-order valence-corrected chi connectivity index (χ4v) is 1.63. The lowest BCUT2D eigenvalue weighted by Gasteiger charge is -2.10. The molecular weight excluding hydrogens is 263 g/mol. The fourth-order valence-electron chi connectivity index (χ4n) is 1.15. The Bertz CT molecular complexity index is 271. The first-order valence-electron chi connectivity index (χ1n) is 4.13. The van der Waals surface area contributed by atoms with Crippen LogP contribution in [0.3, 0.4) is 0 Å². The summed E-state index contributed by atoms with van der Waals surface area (Å²) in [5, 5.41) is 9.59. The summed E-state index contributed by atoms with van der Waals surface area (Å²) < 4.78 is 1.08. The Kier molecular flexibility index (Phi) is 3.38. The van der Waals surface area contributed by atoms with Gasteiger partial charge in [-0.25, -0.2) is 0 Å². The van der Waals surface area contributed by atoms with Crippen LogP contribution in [0.25, 0.3) is 0 Å². The highest BCUT2D eigenvalue weighted by Gasteiger charge is 2.07. The minimum absolute atomic E-state index is 0.427. The minimum Gasteiger partial charge on any atom is -0.508 e. The topological polar surface area (TPSA) is 20.2 Å². The van der Waals surface area contributed by atoms with Gasteiger partial charge >= 0.3 is 0 Å². The van der Waals surface area contributed by atoms with Crippen molar-refractivity contribution in [2.24, 2.45) is 0 Å². The molecule has 0 saturated heterocycles. The highest BCUT2D eigenvalue weighted by Crippen LogP contribution is 2.28. The molecule has 0 saturated carbocycles. The maximum atomic E-state index is 9.59. The molecule has 1 aromatic rings. The first-order chi connectivity index (χ1) is 5.65. The van der Waals surface area contributed by atoms with Crippen molar-refractivity contribution in [1.82, 2.24) is 0 Å². The summed E-state index contributed by atoms with van der Waals surface area (Å²) in [6, 6.07) is 5.84. The largest absolute Gasteiger partial charge is 0.508 e. The highest BCUT2D eigenvalue weighted by molar-refractivity contribution is 14.1. The predicted molar refractivity (Wildman–Crippen MR) is 59.5 cm³/mol. The van der Waals surface area contributed by atoms with Crippen LogP contribution < -0.4 is 0 Å². The van der Waals surface area contributed by atoms with Gasteiger partial charge in [0.2, 0.25) is 0 Å². The monoisotopic (exact) mass is 276 g/mol. The second-order valence-electron chi connectivity index (χ2n) is 3.01. The third kappa shape index (κ3) is 2.12. The molecular formula is C10H13IO. The molecule has 0 spiro atoms. The van der Waals surface area contributed by atoms with Crippen molar-refractivity contribution in [3.63, 3.8) is 0 Å². The molecule has 0 aromatic heterocycles. The van der Waals surface area contributed by atoms with Gasteiger partial charge in [-0.15, -0.1) is 0 Å². The van der Waals surface area contributed by atoms with Crippen LogP contribution in [0.1, 0.15) is 31.7 Å². The summed E-state index contributed by atoms with van der Waals surface area (Å²) in [6.07, 6.45) is 1.06. The van der Waals surface area contributed by atoms with Crippen LogP contribution in [0.15, 0.2) is 18.2 Å². The van der Waals surface area contributed by atoms with E-state index < -0.39 is 0 Å². The lowest BCUT2D eigenvalue weighted by molar-refractivity contribution is 0.461. The van der Waals surface area contributed by atoms with Crippen molar-refractivity contribution < 1.29 is 5.11 Å². The first kappa shape index (κ1) is 9.84. The zero-order valence-corrected chi connectivity index (χ0v) is 9.50. The van der Waals surface area contributed by atoms with E-state index in [-0.39, 0.29) is 0 Å². The van der Waals surface area contributed by atoms with E-state index in [4.69, 9.17) is 0 Å². The molecule has 0 bridgehead atoms. The van der Waals surface area contributed by atoms with Crippen LogP contribution in [0.4, 0.5) is 0 Å². The van der Waals surface area contributed by atoms with Gasteiger partial charge in [0.05, 0.1) is 0 Å². The predicted octanol–water partition coefficient (Wildman–Crippen LogP) is 3.51. The molecule has 0 amide bonds. The molecule has 66 valence electrons. The molecule has 1 aromatic carbocycles. The standard InChI is InChI=1S/C10H13IO/c1-3-7(2)9-5-4-8(11)6-10(9)12/h4-7,12H,3H2,1-2H3. The molecule has 1 nitrogen and oxygen atoms in total. The van der Waals surface area contributed by atoms with E-state index >= 15 is 0 Å². The van der Waals surface area contributed by atoms with Gasteiger partial charge in [0.1, 0.15) is 5.75 Å². The zero-order valence-electron chi connectivity index (χ0n) is 7.34. The van der Waals surface area contributed by atoms with E-state index in [1.807, 2.05) is 18.2 Å². The Balaban J connectivity index is 3.01. The number of halogens is 1. The molecule has 0 fully saturated rings. The van der Waals surface area contributed by atoms with Gasteiger partial charge in [-0.3, -0.25) is 0 Å². The molecule has 0 aliphatic carbocycles. The Morgan fingerprint density at radius 3 is 2.67 bits per heavy atom. The van der Waals surface area contributed by atoms with Gasteiger partial charge in [-0.05, 0) is 52.6 Å². The maximum absolute atomic E-state index is 9.59. The van der Waals surface area contributed by atoms with Crippen LogP contribution in [0.5, 0.6) is 5.75 Å². The van der Waals surface area contributed by atoms with Crippen LogP contribution in [0, 0.1) is 3.57 Å². The van der Waals surface area contributed by atoms with Crippen molar-refractivity contribution in [3.8, 4) is 5.75 Å². The van der Waals surface area contributed by atoms with Crippen LogP contribution >= 0.6 is 22.6 Å². The van der Waals surface area contributed by atoms with E-state index in [1.165, 1.54) is 0 Å². The van der Waals surface area contributed by atoms with E-state index in [0.717, 1.165) is 15.6 Å². The Hall–Kier alpha value is -0.250. The number of benzene rings is 1. The summed E-state index contributed by atoms with van der Waals surface area (Å²) in [4.78, 5) is 0. The summed E-state index contributed by atoms with van der Waals surface area (Å²) in [5.74, 6) is 0.873. The molecule has 1 unspecified atom stereocenters. The minimum atomic E-state index is 0.427. The van der Waals surface area contributed by atoms with Gasteiger partial charge in [0.25, 0.3) is 0 Å². The van der Waals surface area contributed by atoms with E-state index in [1.54, 1.807) is 0 Å². The summed E-state index contributed by atoms with van der Waals surface area (Å²) in [5.41, 5.74) is 1.05. The van der Waals surface area contributed by atoms with Crippen molar-refractivity contribution in [2.45, 2.75) is 26.2 Å². The van der Waals surface area contributed by atoms with Gasteiger partial charge < -0.3 is 5.11 Å². The molecule has 0 aliphatic heterocycles. The summed E-state index contributed by atoms with van der Waals surface area (Å²) >= 11 is 2.20. The van der Waals surface area contributed by atoms with Crippen molar-refractivity contribution in [1.29, 1.82) is 0 Å². The summed E-state index contributed by atoms with van der Waals surface area (Å²) in [7, 11) is 0. The van der Waals surface area contributed by atoms with Crippen LogP contribution in [-0.2, 0) is 0 Å². The molecule has 1 atom stereocenters. The smallest absolute Gasteiger partial charge is 0.120 e. The van der Waals surface area contributed by atoms with Gasteiger partial charge in [-0.1, -0.05) is 19.9 Å². The second-order valence-corrected chi connectivity index (χ2v) is 4.26. The second kappa shape index (κ2) is 4.12. The Morgan fingerprint density at radius 1 is 1.50 bits per heavy atom. The highest BCUT2D eigenvalue weighted by atomic mass is 127. The number of phenolic OH excluding ortho intramolecular Hbond substituents is 1. The SMILES string of the molecule is CCC(C)c1ccc(I)cc1O. The molecule has 0 radical (unpaired) electrons. The lowest BCUT2D eigenvalue weighted by atomic mass is 9.98. The van der Waals surface area contributed by atoms with Crippen molar-refractivity contribution >= 4 is 22.6 Å². The molecule has 2 heteroatoms. The number of hydrogen-bond acceptors (Lipinski definition) is 1. The van der Waals surface area contributed by atoms with Crippen LogP contribution in [-0.4, -0.2) is 5.11 Å². The van der Waals surface area contributed by atoms with E-state index in [9.17, 15) is 5.11 Å². The molecule has 0 aliphatic rings. The molecule has 0 heterocycles. The lowest BCUT2D eigenvalue weighted by Crippen LogP contribution is -1.91. The molecule has 12 heavy (non-hydrogen) atoms. The average Bonchev–Trinajstić information content (AvgIpc) is 2.03. The Morgan fingerprint density at radius 2 is 2.17 bits per heavy atom. The molecule has 1 N–H and O–H groups in total. The quantitative estimate of drug-likeness (QED) is 0.819. The van der Waals surface area contributed by atoms with Crippen LogP contribution in [0.2, 0.25) is 0 Å². The number of hydrogen-bond donors (Lipinski definition) is 1. The van der Waals surface area contributed by atoms with Gasteiger partial charge in [0.15, 0.2) is 0 Å². The zero-order chi connectivity index (χ0) is 9.14. The van der Waals surface area contributed by atoms with Crippen molar-refractivity contribution in [2.75, 3.05) is 0 Å². The van der Waals surface area contributed by atoms with Gasteiger partial charge in [-0.2, -0.15) is 0 Å². The summed E-state index contributed by atoms with van der Waals surface area (Å²) in [6.45, 7) is 4.25. The maximum Gasteiger partial charge on any atom is 0.120 e. The third-order valence-corrected chi connectivity index (χ3v) is 2.81. The van der Waals surface area contributed by atoms with E-state index in [0.29, 0.717) is 11.7 Å². The van der Waals surface area contributed by atoms with Crippen molar-refractivity contribution in [3.05, 3.63) is 27.3 Å². The number of phenols is 1. The van der Waals surface area contributed by atoms with E-state index in [2.05, 4.69) is 36.4 Å². The van der Waals surface area contributed by atoms with Gasteiger partial charge in [0, 0.05) is 3.57 Å². The first-order valence-corrected chi connectivity index (χ1v) is 5.21. The average molecular weight is 276 g/mol.